The zero-order valence-electron chi connectivity index (χ0n) is 17.8. The van der Waals surface area contributed by atoms with Crippen LogP contribution < -0.4 is 4.74 Å². The molecule has 2 aromatic carbocycles. The quantitative estimate of drug-likeness (QED) is 0.228. The molecule has 1 aliphatic heterocycles. The van der Waals surface area contributed by atoms with Crippen molar-refractivity contribution < 1.29 is 14.3 Å². The highest BCUT2D eigenvalue weighted by atomic mass is 16.6. The Morgan fingerprint density at radius 1 is 0.867 bits per heavy atom. The Hall–Kier alpha value is -2.88. The molecular weight excluding hydrogens is 374 g/mol. The summed E-state index contributed by atoms with van der Waals surface area (Å²) in [5.41, 5.74) is 1.99. The smallest absolute Gasteiger partial charge is 0.363 e. The highest BCUT2D eigenvalue weighted by molar-refractivity contribution is 6.12. The second kappa shape index (κ2) is 12.0. The monoisotopic (exact) mass is 405 g/mol. The van der Waals surface area contributed by atoms with Crippen LogP contribution in [0.3, 0.4) is 0 Å². The molecule has 30 heavy (non-hydrogen) atoms. The zero-order chi connectivity index (χ0) is 21.0. The van der Waals surface area contributed by atoms with E-state index in [9.17, 15) is 4.79 Å². The van der Waals surface area contributed by atoms with Crippen molar-refractivity contribution in [3.05, 3.63) is 71.4 Å². The molecule has 0 aromatic heterocycles. The molecule has 2 aromatic rings. The largest absolute Gasteiger partial charge is 0.494 e. The number of ether oxygens (including phenoxy) is 2. The summed E-state index contributed by atoms with van der Waals surface area (Å²) >= 11 is 0. The Balaban J connectivity index is 1.44. The number of rotatable bonds is 12. The summed E-state index contributed by atoms with van der Waals surface area (Å²) in [6.07, 6.45) is 12.0. The van der Waals surface area contributed by atoms with Gasteiger partial charge in [-0.1, -0.05) is 82.2 Å². The fraction of sp³-hybridized carbons (Fsp3) is 0.385. The lowest BCUT2D eigenvalue weighted by Crippen LogP contribution is -2.05. The second-order valence-corrected chi connectivity index (χ2v) is 7.59. The molecule has 0 aliphatic carbocycles. The third-order valence-corrected chi connectivity index (χ3v) is 5.09. The van der Waals surface area contributed by atoms with Gasteiger partial charge >= 0.3 is 5.97 Å². The summed E-state index contributed by atoms with van der Waals surface area (Å²) in [5, 5.41) is 0. The van der Waals surface area contributed by atoms with Crippen LogP contribution in [0.1, 0.15) is 69.4 Å². The van der Waals surface area contributed by atoms with Crippen LogP contribution in [0, 0.1) is 0 Å². The van der Waals surface area contributed by atoms with Gasteiger partial charge in [-0.15, -0.1) is 0 Å². The van der Waals surface area contributed by atoms with Crippen LogP contribution in [0.15, 0.2) is 65.3 Å². The molecule has 1 heterocycles. The first-order valence-electron chi connectivity index (χ1n) is 11.1. The SMILES string of the molecule is CCCCCCCCCCOc1ccc(C2=NC(=Cc3ccccc3)C(=O)O2)cc1. The van der Waals surface area contributed by atoms with Gasteiger partial charge in [0.2, 0.25) is 5.90 Å². The molecule has 0 bridgehead atoms. The molecule has 0 fully saturated rings. The first kappa shape index (κ1) is 21.8. The fourth-order valence-corrected chi connectivity index (χ4v) is 3.36. The van der Waals surface area contributed by atoms with Gasteiger partial charge in [0.15, 0.2) is 5.70 Å². The van der Waals surface area contributed by atoms with E-state index in [1.54, 1.807) is 6.08 Å². The molecule has 0 saturated carbocycles. The van der Waals surface area contributed by atoms with E-state index in [-0.39, 0.29) is 0 Å². The van der Waals surface area contributed by atoms with Crippen LogP contribution in [0.5, 0.6) is 5.75 Å². The number of hydrogen-bond donors (Lipinski definition) is 0. The maximum atomic E-state index is 12.1. The Morgan fingerprint density at radius 2 is 1.53 bits per heavy atom. The number of carbonyl (C=O) groups excluding carboxylic acids is 1. The van der Waals surface area contributed by atoms with Crippen molar-refractivity contribution >= 4 is 17.9 Å². The average Bonchev–Trinajstić information content (AvgIpc) is 3.14. The Morgan fingerprint density at radius 3 is 2.23 bits per heavy atom. The van der Waals surface area contributed by atoms with Crippen LogP contribution in [-0.2, 0) is 9.53 Å². The molecule has 1 aliphatic rings. The highest BCUT2D eigenvalue weighted by Gasteiger charge is 2.24. The second-order valence-electron chi connectivity index (χ2n) is 7.59. The Bertz CT molecular complexity index is 854. The van der Waals surface area contributed by atoms with E-state index in [0.717, 1.165) is 29.9 Å². The molecule has 0 unspecified atom stereocenters. The van der Waals surface area contributed by atoms with Crippen LogP contribution in [0.2, 0.25) is 0 Å². The lowest BCUT2D eigenvalue weighted by Gasteiger charge is -2.07. The maximum Gasteiger partial charge on any atom is 0.363 e. The summed E-state index contributed by atoms with van der Waals surface area (Å²) in [6.45, 7) is 2.98. The molecule has 0 atom stereocenters. The third kappa shape index (κ3) is 6.87. The zero-order valence-corrected chi connectivity index (χ0v) is 17.8. The van der Waals surface area contributed by atoms with Crippen LogP contribution in [0.25, 0.3) is 6.08 Å². The minimum atomic E-state index is -0.427. The van der Waals surface area contributed by atoms with Crippen molar-refractivity contribution in [1.82, 2.24) is 0 Å². The first-order chi connectivity index (χ1) is 14.8. The minimum Gasteiger partial charge on any atom is -0.494 e. The van der Waals surface area contributed by atoms with Gasteiger partial charge in [0, 0.05) is 5.56 Å². The molecule has 0 radical (unpaired) electrons. The molecule has 0 amide bonds. The molecular formula is C26H31NO3. The van der Waals surface area contributed by atoms with E-state index in [4.69, 9.17) is 9.47 Å². The van der Waals surface area contributed by atoms with Crippen LogP contribution in [-0.4, -0.2) is 18.5 Å². The van der Waals surface area contributed by atoms with Gasteiger partial charge in [-0.2, -0.15) is 0 Å². The highest BCUT2D eigenvalue weighted by Crippen LogP contribution is 2.21. The van der Waals surface area contributed by atoms with E-state index >= 15 is 0 Å². The number of aliphatic imine (C=N–C) groups is 1. The number of cyclic esters (lactones) is 1. The number of benzene rings is 2. The number of esters is 1. The summed E-state index contributed by atoms with van der Waals surface area (Å²) < 4.78 is 11.2. The minimum absolute atomic E-state index is 0.311. The third-order valence-electron chi connectivity index (χ3n) is 5.09. The van der Waals surface area contributed by atoms with Gasteiger partial charge < -0.3 is 9.47 Å². The molecule has 158 valence electrons. The van der Waals surface area contributed by atoms with Gasteiger partial charge in [-0.25, -0.2) is 9.79 Å². The number of carbonyl (C=O) groups is 1. The van der Waals surface area contributed by atoms with E-state index in [2.05, 4.69) is 11.9 Å². The van der Waals surface area contributed by atoms with Gasteiger partial charge in [0.1, 0.15) is 5.75 Å². The van der Waals surface area contributed by atoms with Gasteiger partial charge in [-0.3, -0.25) is 0 Å². The lowest BCUT2D eigenvalue weighted by molar-refractivity contribution is -0.129. The summed E-state index contributed by atoms with van der Waals surface area (Å²) in [7, 11) is 0. The lowest BCUT2D eigenvalue weighted by atomic mass is 10.1. The van der Waals surface area contributed by atoms with Crippen molar-refractivity contribution in [2.24, 2.45) is 4.99 Å². The molecule has 4 nitrogen and oxygen atoms in total. The Kier molecular flexibility index (Phi) is 8.70. The Labute approximate surface area is 179 Å². The van der Waals surface area contributed by atoms with E-state index in [1.807, 2.05) is 54.6 Å². The summed E-state index contributed by atoms with van der Waals surface area (Å²) in [5.74, 6) is 0.729. The summed E-state index contributed by atoms with van der Waals surface area (Å²) in [4.78, 5) is 16.5. The molecule has 3 rings (SSSR count). The van der Waals surface area contributed by atoms with Gasteiger partial charge in [0.25, 0.3) is 0 Å². The van der Waals surface area contributed by atoms with Crippen molar-refractivity contribution in [2.75, 3.05) is 6.61 Å². The van der Waals surface area contributed by atoms with Crippen LogP contribution in [0.4, 0.5) is 0 Å². The van der Waals surface area contributed by atoms with E-state index in [0.29, 0.717) is 11.6 Å². The van der Waals surface area contributed by atoms with E-state index in [1.165, 1.54) is 44.9 Å². The number of nitrogens with zero attached hydrogens (tertiary/aromatic N) is 1. The van der Waals surface area contributed by atoms with Gasteiger partial charge in [-0.05, 0) is 42.3 Å². The number of unbranched alkanes of at least 4 members (excludes halogenated alkanes) is 7. The molecule has 4 heteroatoms. The van der Waals surface area contributed by atoms with E-state index < -0.39 is 5.97 Å². The first-order valence-corrected chi connectivity index (χ1v) is 11.1. The van der Waals surface area contributed by atoms with Crippen molar-refractivity contribution in [3.63, 3.8) is 0 Å². The maximum absolute atomic E-state index is 12.1. The summed E-state index contributed by atoms with van der Waals surface area (Å²) in [6, 6.07) is 17.2. The predicted octanol–water partition coefficient (Wildman–Crippen LogP) is 6.55. The molecule has 0 N–H and O–H groups in total. The fourth-order valence-electron chi connectivity index (χ4n) is 3.36. The number of hydrogen-bond acceptors (Lipinski definition) is 4. The standard InChI is InChI=1S/C26H31NO3/c1-2-3-4-5-6-7-8-12-19-29-23-17-15-22(16-18-23)25-27-24(26(28)30-25)20-21-13-10-9-11-14-21/h9-11,13-18,20H,2-8,12,19H2,1H3. The van der Waals surface area contributed by atoms with Crippen molar-refractivity contribution in [2.45, 2.75) is 58.3 Å². The van der Waals surface area contributed by atoms with Crippen molar-refractivity contribution in [1.29, 1.82) is 0 Å². The van der Waals surface area contributed by atoms with Gasteiger partial charge in [0.05, 0.1) is 6.61 Å². The normalized spacial score (nSPS) is 14.6. The molecule has 0 saturated heterocycles. The average molecular weight is 406 g/mol. The predicted molar refractivity (Wildman–Crippen MR) is 122 cm³/mol. The van der Waals surface area contributed by atoms with Crippen molar-refractivity contribution in [3.8, 4) is 5.75 Å². The topological polar surface area (TPSA) is 47.9 Å². The van der Waals surface area contributed by atoms with Crippen LogP contribution >= 0.6 is 0 Å². The molecule has 0 spiro atoms.